The maximum Gasteiger partial charge on any atom is 0.265 e. The summed E-state index contributed by atoms with van der Waals surface area (Å²) in [5, 5.41) is 8.63. The molecule has 43 heavy (non-hydrogen) atoms. The van der Waals surface area contributed by atoms with E-state index in [0.29, 0.717) is 44.8 Å². The van der Waals surface area contributed by atoms with Crippen LogP contribution >= 0.6 is 0 Å². The number of rotatable bonds is 13. The van der Waals surface area contributed by atoms with Crippen LogP contribution in [0.2, 0.25) is 0 Å². The highest BCUT2D eigenvalue weighted by Gasteiger charge is 2.65. The van der Waals surface area contributed by atoms with Crippen molar-refractivity contribution in [3.63, 3.8) is 0 Å². The Morgan fingerprint density at radius 1 is 1.07 bits per heavy atom. The highest BCUT2D eigenvalue weighted by atomic mass is 32.2. The topological polar surface area (TPSA) is 171 Å². The summed E-state index contributed by atoms with van der Waals surface area (Å²) >= 11 is 0. The van der Waals surface area contributed by atoms with E-state index >= 15 is 0 Å². The summed E-state index contributed by atoms with van der Waals surface area (Å²) in [4.78, 5) is 11.9. The van der Waals surface area contributed by atoms with Crippen LogP contribution in [0.5, 0.6) is 17.2 Å². The summed E-state index contributed by atoms with van der Waals surface area (Å²) in [6.07, 6.45) is 2.61. The Hall–Kier alpha value is -2.71. The summed E-state index contributed by atoms with van der Waals surface area (Å²) in [6.45, 7) is 9.55. The molecule has 0 aliphatic heterocycles. The average molecular weight is 641 g/mol. The van der Waals surface area contributed by atoms with Gasteiger partial charge in [0.25, 0.3) is 10.1 Å². The monoisotopic (exact) mass is 640 g/mol. The summed E-state index contributed by atoms with van der Waals surface area (Å²) in [6, 6.07) is 12.7. The van der Waals surface area contributed by atoms with Crippen LogP contribution < -0.4 is 24.7 Å². The minimum atomic E-state index is -4.08. The van der Waals surface area contributed by atoms with Gasteiger partial charge in [-0.25, -0.2) is 13.6 Å². The maximum absolute atomic E-state index is 11.9. The van der Waals surface area contributed by atoms with Crippen LogP contribution in [0.25, 0.3) is 0 Å². The van der Waals surface area contributed by atoms with Gasteiger partial charge in [-0.3, -0.25) is 9.35 Å². The lowest BCUT2D eigenvalue weighted by atomic mass is 9.70. The van der Waals surface area contributed by atoms with Gasteiger partial charge in [0, 0.05) is 19.0 Å². The van der Waals surface area contributed by atoms with Gasteiger partial charge < -0.3 is 19.5 Å². The van der Waals surface area contributed by atoms with E-state index < -0.39 is 31.3 Å². The molecule has 2 fully saturated rings. The highest BCUT2D eigenvalue weighted by molar-refractivity contribution is 7.89. The van der Waals surface area contributed by atoms with Gasteiger partial charge in [0.15, 0.2) is 11.5 Å². The number of methoxy groups -OCH3 is 1. The summed E-state index contributed by atoms with van der Waals surface area (Å²) in [5.74, 6) is 1.59. The largest absolute Gasteiger partial charge is 0.495 e. The van der Waals surface area contributed by atoms with Crippen molar-refractivity contribution >= 4 is 25.9 Å². The van der Waals surface area contributed by atoms with Crippen molar-refractivity contribution in [3.05, 3.63) is 48.0 Å². The molecule has 0 amide bonds. The summed E-state index contributed by atoms with van der Waals surface area (Å²) < 4.78 is 70.8. The zero-order chi connectivity index (χ0) is 32.1. The van der Waals surface area contributed by atoms with E-state index in [1.165, 1.54) is 7.11 Å². The van der Waals surface area contributed by atoms with Gasteiger partial charge in [0.05, 0.1) is 24.9 Å². The van der Waals surface area contributed by atoms with E-state index in [9.17, 15) is 21.6 Å². The quantitative estimate of drug-likeness (QED) is 0.217. The Bertz CT molecular complexity index is 1490. The molecule has 0 unspecified atom stereocenters. The second kappa shape index (κ2) is 13.9. The molecule has 4 N–H and O–H groups in total. The maximum atomic E-state index is 11.9. The van der Waals surface area contributed by atoms with Gasteiger partial charge in [-0.05, 0) is 74.3 Å². The molecule has 0 heterocycles. The normalized spacial score (nSPS) is 21.6. The average Bonchev–Trinajstić information content (AvgIpc) is 3.25. The third-order valence-electron chi connectivity index (χ3n) is 8.65. The van der Waals surface area contributed by atoms with Gasteiger partial charge in [-0.2, -0.15) is 8.42 Å². The Balaban J connectivity index is 0.000000282. The highest BCUT2D eigenvalue weighted by Crippen LogP contribution is 2.64. The predicted octanol–water partition coefficient (Wildman–Crippen LogP) is 3.61. The van der Waals surface area contributed by atoms with Gasteiger partial charge in [0.1, 0.15) is 23.0 Å². The lowest BCUT2D eigenvalue weighted by Gasteiger charge is -2.35. The standard InChI is InChI=1S/C20H28N2O5S.C10H16O4S/c1-4-26-17-7-5-6-8-18(17)27-12-11-22-15(2)13-16-9-10-19(25-3)20(14-16)28(21,23)24;1-9(2)7-3-4-10(9,8(11)5-7)6-15(12,13)14/h5-10,14-15,22H,4,11-13H2,1-3H3,(H2,21,23,24);7H,3-6H2,1-2H3,(H,12,13,14)/t15-;7-,10-/m01/s1. The number of Topliss-reactive ketones (excluding diaryl/α,β-unsaturated/α-hetero) is 1. The van der Waals surface area contributed by atoms with E-state index in [1.54, 1.807) is 12.1 Å². The van der Waals surface area contributed by atoms with Crippen LogP contribution in [-0.2, 0) is 31.4 Å². The number of hydrogen-bond donors (Lipinski definition) is 3. The molecule has 3 atom stereocenters. The molecule has 240 valence electrons. The second-order valence-corrected chi connectivity index (χ2v) is 14.7. The van der Waals surface area contributed by atoms with E-state index in [-0.39, 0.29) is 33.8 Å². The first kappa shape index (κ1) is 34.8. The van der Waals surface area contributed by atoms with E-state index in [1.807, 2.05) is 58.0 Å². The molecule has 2 saturated carbocycles. The first-order valence-corrected chi connectivity index (χ1v) is 17.5. The number of carbonyl (C=O) groups excluding carboxylic acids is 1. The van der Waals surface area contributed by atoms with Crippen LogP contribution in [0, 0.1) is 16.7 Å². The van der Waals surface area contributed by atoms with Crippen LogP contribution in [0.4, 0.5) is 0 Å². The molecule has 4 rings (SSSR count). The third kappa shape index (κ3) is 8.48. The number of primary sulfonamides is 1. The molecule has 2 bridgehead atoms. The second-order valence-electron chi connectivity index (χ2n) is 11.7. The Kier molecular flexibility index (Phi) is 11.3. The van der Waals surface area contributed by atoms with Crippen LogP contribution in [0.3, 0.4) is 0 Å². The molecule has 0 spiro atoms. The van der Waals surface area contributed by atoms with Crippen LogP contribution in [-0.4, -0.2) is 65.8 Å². The van der Waals surface area contributed by atoms with Crippen molar-refractivity contribution < 1.29 is 40.4 Å². The number of sulfonamides is 1. The van der Waals surface area contributed by atoms with Crippen molar-refractivity contribution in [2.24, 2.45) is 21.9 Å². The molecule has 13 heteroatoms. The molecule has 2 aromatic carbocycles. The van der Waals surface area contributed by atoms with Crippen molar-refractivity contribution in [1.82, 2.24) is 5.32 Å². The molecule has 2 aliphatic rings. The van der Waals surface area contributed by atoms with E-state index in [4.69, 9.17) is 23.9 Å². The Morgan fingerprint density at radius 2 is 1.72 bits per heavy atom. The lowest BCUT2D eigenvalue weighted by molar-refractivity contribution is -0.128. The van der Waals surface area contributed by atoms with E-state index in [0.717, 1.165) is 17.7 Å². The van der Waals surface area contributed by atoms with Crippen molar-refractivity contribution in [1.29, 1.82) is 0 Å². The molecular weight excluding hydrogens is 596 g/mol. The number of fused-ring (bicyclic) bond motifs is 2. The molecule has 0 saturated heterocycles. The van der Waals surface area contributed by atoms with E-state index in [2.05, 4.69) is 5.32 Å². The Morgan fingerprint density at radius 3 is 2.23 bits per heavy atom. The fourth-order valence-corrected chi connectivity index (χ4v) is 8.27. The smallest absolute Gasteiger partial charge is 0.265 e. The number of benzene rings is 2. The van der Waals surface area contributed by atoms with Crippen LogP contribution in [0.1, 0.15) is 52.5 Å². The number of carbonyl (C=O) groups is 1. The minimum Gasteiger partial charge on any atom is -0.495 e. The SMILES string of the molecule is CC1(C)[C@@H]2CC[C@@]1(CS(=O)(=O)O)C(=O)C2.CCOc1ccccc1OCCN[C@@H](C)Cc1ccc(OC)c(S(N)(=O)=O)c1. The van der Waals surface area contributed by atoms with Crippen molar-refractivity contribution in [2.75, 3.05) is 32.6 Å². The number of ether oxygens (including phenoxy) is 3. The first-order valence-electron chi connectivity index (χ1n) is 14.3. The molecule has 2 aromatic rings. The number of para-hydroxylation sites is 2. The van der Waals surface area contributed by atoms with Gasteiger partial charge in [-0.15, -0.1) is 0 Å². The number of hydrogen-bond acceptors (Lipinski definition) is 9. The van der Waals surface area contributed by atoms with Gasteiger partial charge in [-0.1, -0.05) is 32.0 Å². The summed E-state index contributed by atoms with van der Waals surface area (Å²) in [7, 11) is -6.50. The van der Waals surface area contributed by atoms with Gasteiger partial charge >= 0.3 is 0 Å². The zero-order valence-corrected chi connectivity index (χ0v) is 27.1. The minimum absolute atomic E-state index is 0.00411. The van der Waals surface area contributed by atoms with Gasteiger partial charge in [0.2, 0.25) is 10.0 Å². The zero-order valence-electron chi connectivity index (χ0n) is 25.5. The number of nitrogens with two attached hydrogens (primary N) is 1. The third-order valence-corrected chi connectivity index (χ3v) is 10.4. The number of nitrogens with one attached hydrogen (secondary N) is 1. The lowest BCUT2D eigenvalue weighted by Crippen LogP contribution is -2.42. The first-order chi connectivity index (χ1) is 20.0. The molecule has 0 aromatic heterocycles. The predicted molar refractivity (Wildman–Crippen MR) is 164 cm³/mol. The molecular formula is C30H44N2O9S2. The molecule has 0 radical (unpaired) electrons. The fraction of sp³-hybridized carbons (Fsp3) is 0.567. The Labute approximate surface area is 255 Å². The number of ketones is 1. The fourth-order valence-electron chi connectivity index (χ4n) is 6.23. The van der Waals surface area contributed by atoms with Crippen molar-refractivity contribution in [2.45, 2.75) is 64.3 Å². The molecule has 2 aliphatic carbocycles. The summed E-state index contributed by atoms with van der Waals surface area (Å²) in [5.41, 5.74) is -0.266. The molecule has 11 nitrogen and oxygen atoms in total. The van der Waals surface area contributed by atoms with Crippen molar-refractivity contribution in [3.8, 4) is 17.2 Å². The van der Waals surface area contributed by atoms with Crippen LogP contribution in [0.15, 0.2) is 47.4 Å².